The highest BCUT2D eigenvalue weighted by atomic mass is 79.9. The standard InChI is InChI=1S/C7H3Br2N3O2/c8-3-1-4(9)12-2-10-5(7(13)14)6(12)11-3/h1-2H,(H,13,14). The van der Waals surface area contributed by atoms with Gasteiger partial charge in [0, 0.05) is 6.07 Å². The topological polar surface area (TPSA) is 67.5 Å². The highest BCUT2D eigenvalue weighted by molar-refractivity contribution is 9.11. The summed E-state index contributed by atoms with van der Waals surface area (Å²) in [5.74, 6) is -1.09. The molecule has 0 saturated heterocycles. The van der Waals surface area contributed by atoms with Crippen molar-refractivity contribution in [3.05, 3.63) is 27.3 Å². The summed E-state index contributed by atoms with van der Waals surface area (Å²) in [7, 11) is 0. The Hall–Kier alpha value is -0.950. The molecule has 2 rings (SSSR count). The van der Waals surface area contributed by atoms with E-state index in [1.807, 2.05) is 0 Å². The average molecular weight is 321 g/mol. The first kappa shape index (κ1) is 9.60. The Labute approximate surface area is 95.0 Å². The number of carbonyl (C=O) groups is 1. The van der Waals surface area contributed by atoms with Gasteiger partial charge in [-0.3, -0.25) is 4.40 Å². The van der Waals surface area contributed by atoms with Crippen molar-refractivity contribution < 1.29 is 9.90 Å². The minimum absolute atomic E-state index is 0.0630. The van der Waals surface area contributed by atoms with Crippen LogP contribution in [0.1, 0.15) is 10.5 Å². The van der Waals surface area contributed by atoms with Crippen molar-refractivity contribution in [2.75, 3.05) is 0 Å². The van der Waals surface area contributed by atoms with Crippen LogP contribution >= 0.6 is 31.9 Å². The molecule has 0 aliphatic heterocycles. The molecule has 0 saturated carbocycles. The normalized spacial score (nSPS) is 10.7. The van der Waals surface area contributed by atoms with E-state index >= 15 is 0 Å². The van der Waals surface area contributed by atoms with Crippen LogP contribution in [-0.2, 0) is 0 Å². The van der Waals surface area contributed by atoms with Crippen molar-refractivity contribution in [3.63, 3.8) is 0 Å². The maximum absolute atomic E-state index is 10.8. The Morgan fingerprint density at radius 1 is 1.50 bits per heavy atom. The molecule has 7 heteroatoms. The van der Waals surface area contributed by atoms with Gasteiger partial charge in [0.1, 0.15) is 10.9 Å². The number of fused-ring (bicyclic) bond motifs is 1. The van der Waals surface area contributed by atoms with E-state index in [0.29, 0.717) is 14.9 Å². The van der Waals surface area contributed by atoms with E-state index < -0.39 is 5.97 Å². The average Bonchev–Trinajstić information content (AvgIpc) is 2.47. The van der Waals surface area contributed by atoms with Gasteiger partial charge in [0.15, 0.2) is 11.3 Å². The number of hydrogen-bond donors (Lipinski definition) is 1. The van der Waals surface area contributed by atoms with Crippen LogP contribution in [0.15, 0.2) is 21.6 Å². The Morgan fingerprint density at radius 2 is 2.21 bits per heavy atom. The van der Waals surface area contributed by atoms with E-state index in [1.165, 1.54) is 6.33 Å². The van der Waals surface area contributed by atoms with Gasteiger partial charge in [-0.1, -0.05) is 0 Å². The molecule has 72 valence electrons. The number of imidazole rings is 1. The fraction of sp³-hybridized carbons (Fsp3) is 0. The molecular formula is C7H3Br2N3O2. The van der Waals surface area contributed by atoms with E-state index in [9.17, 15) is 4.79 Å². The molecule has 5 nitrogen and oxygen atoms in total. The maximum Gasteiger partial charge on any atom is 0.358 e. The molecule has 2 heterocycles. The van der Waals surface area contributed by atoms with E-state index in [0.717, 1.165) is 0 Å². The zero-order valence-electron chi connectivity index (χ0n) is 6.61. The van der Waals surface area contributed by atoms with Crippen molar-refractivity contribution in [1.29, 1.82) is 0 Å². The van der Waals surface area contributed by atoms with Gasteiger partial charge in [0.25, 0.3) is 0 Å². The van der Waals surface area contributed by atoms with E-state index in [1.54, 1.807) is 10.5 Å². The lowest BCUT2D eigenvalue weighted by Gasteiger charge is -1.98. The third-order valence-electron chi connectivity index (χ3n) is 1.63. The Balaban J connectivity index is 2.85. The first-order chi connectivity index (χ1) is 6.59. The van der Waals surface area contributed by atoms with E-state index in [2.05, 4.69) is 41.8 Å². The number of carboxylic acid groups (broad SMARTS) is 1. The number of carboxylic acids is 1. The van der Waals surface area contributed by atoms with Crippen LogP contribution < -0.4 is 0 Å². The number of aromatic nitrogens is 3. The minimum atomic E-state index is -1.09. The Morgan fingerprint density at radius 3 is 2.86 bits per heavy atom. The molecular weight excluding hydrogens is 318 g/mol. The molecule has 0 radical (unpaired) electrons. The summed E-state index contributed by atoms with van der Waals surface area (Å²) in [4.78, 5) is 18.5. The molecule has 0 aliphatic carbocycles. The smallest absolute Gasteiger partial charge is 0.358 e. The van der Waals surface area contributed by atoms with Gasteiger partial charge in [0.2, 0.25) is 0 Å². The predicted octanol–water partition coefficient (Wildman–Crippen LogP) is 1.95. The Bertz CT molecular complexity index is 523. The van der Waals surface area contributed by atoms with Gasteiger partial charge in [-0.2, -0.15) is 0 Å². The Kier molecular flexibility index (Phi) is 2.28. The molecule has 2 aromatic heterocycles. The molecule has 0 aromatic carbocycles. The summed E-state index contributed by atoms with van der Waals surface area (Å²) in [5.41, 5.74) is 0.241. The minimum Gasteiger partial charge on any atom is -0.476 e. The highest BCUT2D eigenvalue weighted by Crippen LogP contribution is 2.19. The van der Waals surface area contributed by atoms with Crippen molar-refractivity contribution in [1.82, 2.24) is 14.4 Å². The van der Waals surface area contributed by atoms with Gasteiger partial charge >= 0.3 is 5.97 Å². The second kappa shape index (κ2) is 3.32. The van der Waals surface area contributed by atoms with Gasteiger partial charge in [-0.25, -0.2) is 14.8 Å². The first-order valence-corrected chi connectivity index (χ1v) is 5.10. The predicted molar refractivity (Wildman–Crippen MR) is 55.3 cm³/mol. The summed E-state index contributed by atoms with van der Waals surface area (Å²) >= 11 is 6.45. The number of hydrogen-bond acceptors (Lipinski definition) is 3. The number of nitrogens with zero attached hydrogens (tertiary/aromatic N) is 3. The first-order valence-electron chi connectivity index (χ1n) is 3.52. The second-order valence-corrected chi connectivity index (χ2v) is 4.12. The molecule has 0 unspecified atom stereocenters. The number of halogens is 2. The van der Waals surface area contributed by atoms with Crippen LogP contribution in [0, 0.1) is 0 Å². The molecule has 0 amide bonds. The van der Waals surface area contributed by atoms with Crippen LogP contribution in [-0.4, -0.2) is 25.4 Å². The van der Waals surface area contributed by atoms with Crippen LogP contribution in [0.3, 0.4) is 0 Å². The highest BCUT2D eigenvalue weighted by Gasteiger charge is 2.14. The zero-order chi connectivity index (χ0) is 10.3. The van der Waals surface area contributed by atoms with E-state index in [-0.39, 0.29) is 5.69 Å². The SMILES string of the molecule is O=C(O)c1ncn2c(Br)cc(Br)nc12. The van der Waals surface area contributed by atoms with Gasteiger partial charge in [-0.15, -0.1) is 0 Å². The zero-order valence-corrected chi connectivity index (χ0v) is 9.78. The molecule has 14 heavy (non-hydrogen) atoms. The van der Waals surface area contributed by atoms with E-state index in [4.69, 9.17) is 5.11 Å². The summed E-state index contributed by atoms with van der Waals surface area (Å²) < 4.78 is 2.79. The van der Waals surface area contributed by atoms with Crippen molar-refractivity contribution in [3.8, 4) is 0 Å². The van der Waals surface area contributed by atoms with Gasteiger partial charge in [-0.05, 0) is 31.9 Å². The van der Waals surface area contributed by atoms with Crippen LogP contribution in [0.25, 0.3) is 5.65 Å². The van der Waals surface area contributed by atoms with Gasteiger partial charge < -0.3 is 5.11 Å². The largest absolute Gasteiger partial charge is 0.476 e. The van der Waals surface area contributed by atoms with Crippen LogP contribution in [0.2, 0.25) is 0 Å². The lowest BCUT2D eigenvalue weighted by Crippen LogP contribution is -1.99. The molecule has 0 spiro atoms. The third-order valence-corrected chi connectivity index (χ3v) is 2.64. The summed E-state index contributed by atoms with van der Waals surface area (Å²) in [5, 5.41) is 8.81. The van der Waals surface area contributed by atoms with Crippen molar-refractivity contribution >= 4 is 43.5 Å². The summed E-state index contributed by atoms with van der Waals surface area (Å²) in [6.07, 6.45) is 1.41. The fourth-order valence-electron chi connectivity index (χ4n) is 1.06. The molecule has 0 bridgehead atoms. The van der Waals surface area contributed by atoms with Crippen LogP contribution in [0.4, 0.5) is 0 Å². The summed E-state index contributed by atoms with van der Waals surface area (Å²) in [6.45, 7) is 0. The van der Waals surface area contributed by atoms with Gasteiger partial charge in [0.05, 0.1) is 4.60 Å². The number of aromatic carboxylic acids is 1. The lowest BCUT2D eigenvalue weighted by molar-refractivity contribution is 0.0693. The third kappa shape index (κ3) is 1.42. The number of rotatable bonds is 1. The molecule has 0 aliphatic rings. The second-order valence-electron chi connectivity index (χ2n) is 2.49. The van der Waals surface area contributed by atoms with Crippen molar-refractivity contribution in [2.24, 2.45) is 0 Å². The summed E-state index contributed by atoms with van der Waals surface area (Å²) in [6, 6.07) is 1.71. The monoisotopic (exact) mass is 319 g/mol. The quantitative estimate of drug-likeness (QED) is 0.816. The van der Waals surface area contributed by atoms with Crippen LogP contribution in [0.5, 0.6) is 0 Å². The molecule has 2 aromatic rings. The molecule has 0 fully saturated rings. The van der Waals surface area contributed by atoms with Crippen molar-refractivity contribution in [2.45, 2.75) is 0 Å². The lowest BCUT2D eigenvalue weighted by atomic mass is 10.4. The molecule has 1 N–H and O–H groups in total. The molecule has 0 atom stereocenters. The fourth-order valence-corrected chi connectivity index (χ4v) is 2.23. The maximum atomic E-state index is 10.8.